The number of primary amides is 1. The first-order valence-corrected chi connectivity index (χ1v) is 12.0. The minimum atomic E-state index is -0.171. The number of likely N-dealkylation sites (N-methyl/N-ethyl adjacent to an activating group) is 1. The molecule has 0 radical (unpaired) electrons. The van der Waals surface area contributed by atoms with Crippen LogP contribution in [0.25, 0.3) is 22.0 Å². The van der Waals surface area contributed by atoms with Crippen molar-refractivity contribution in [2.45, 2.75) is 19.4 Å². The highest BCUT2D eigenvalue weighted by atomic mass is 16.1. The number of aromatic nitrogens is 1. The number of hydrogen-bond donors (Lipinski definition) is 1. The van der Waals surface area contributed by atoms with E-state index in [2.05, 4.69) is 75.3 Å². The highest BCUT2D eigenvalue weighted by Crippen LogP contribution is 2.32. The number of carbonyl (C=O) groups excluding carboxylic acids is 1. The number of hydrogen-bond acceptors (Lipinski definition) is 5. The molecular weight excluding hydrogens is 410 g/mol. The van der Waals surface area contributed by atoms with Gasteiger partial charge in [-0.1, -0.05) is 24.3 Å². The number of fused-ring (bicyclic) bond motifs is 1. The van der Waals surface area contributed by atoms with E-state index in [0.717, 1.165) is 64.2 Å². The second-order valence-electron chi connectivity index (χ2n) is 9.50. The molecule has 6 heteroatoms. The Hall–Kier alpha value is -2.96. The first-order chi connectivity index (χ1) is 16.1. The number of piperazine rings is 1. The number of benzene rings is 2. The van der Waals surface area contributed by atoms with Gasteiger partial charge in [-0.15, -0.1) is 0 Å². The van der Waals surface area contributed by atoms with Crippen LogP contribution in [0.2, 0.25) is 0 Å². The van der Waals surface area contributed by atoms with Gasteiger partial charge in [0.05, 0.1) is 5.52 Å². The molecule has 172 valence electrons. The quantitative estimate of drug-likeness (QED) is 0.655. The second kappa shape index (κ2) is 9.49. The Labute approximate surface area is 196 Å². The van der Waals surface area contributed by atoms with Crippen LogP contribution in [0.4, 0.5) is 5.69 Å². The third-order valence-electron chi connectivity index (χ3n) is 7.25. The van der Waals surface area contributed by atoms with Crippen LogP contribution in [-0.2, 0) is 11.3 Å². The van der Waals surface area contributed by atoms with Gasteiger partial charge in [0, 0.05) is 69.0 Å². The molecule has 1 aromatic heterocycles. The fraction of sp³-hybridized carbons (Fsp3) is 0.407. The molecule has 5 rings (SSSR count). The van der Waals surface area contributed by atoms with Crippen molar-refractivity contribution in [3.8, 4) is 11.1 Å². The zero-order valence-electron chi connectivity index (χ0n) is 19.4. The molecule has 0 bridgehead atoms. The first-order valence-electron chi connectivity index (χ1n) is 12.0. The van der Waals surface area contributed by atoms with Crippen LogP contribution < -0.4 is 10.6 Å². The third-order valence-corrected chi connectivity index (χ3v) is 7.25. The molecular formula is C27H33N5O. The van der Waals surface area contributed by atoms with Crippen LogP contribution in [-0.4, -0.2) is 67.0 Å². The Morgan fingerprint density at radius 2 is 1.70 bits per heavy atom. The third kappa shape index (κ3) is 4.87. The fourth-order valence-corrected chi connectivity index (χ4v) is 5.06. The number of pyridine rings is 1. The van der Waals surface area contributed by atoms with E-state index in [-0.39, 0.29) is 11.8 Å². The van der Waals surface area contributed by atoms with Gasteiger partial charge in [0.1, 0.15) is 0 Å². The maximum Gasteiger partial charge on any atom is 0.220 e. The van der Waals surface area contributed by atoms with E-state index in [1.807, 2.05) is 6.20 Å². The van der Waals surface area contributed by atoms with Crippen molar-refractivity contribution in [1.82, 2.24) is 14.8 Å². The molecule has 2 aromatic carbocycles. The Morgan fingerprint density at radius 1 is 0.970 bits per heavy atom. The number of anilines is 1. The molecule has 33 heavy (non-hydrogen) atoms. The van der Waals surface area contributed by atoms with Crippen molar-refractivity contribution in [1.29, 1.82) is 0 Å². The maximum atomic E-state index is 11.5. The predicted octanol–water partition coefficient (Wildman–Crippen LogP) is 3.35. The van der Waals surface area contributed by atoms with Crippen LogP contribution in [0, 0.1) is 5.92 Å². The molecule has 3 heterocycles. The Balaban J connectivity index is 1.35. The number of rotatable bonds is 5. The molecule has 6 nitrogen and oxygen atoms in total. The van der Waals surface area contributed by atoms with E-state index in [4.69, 9.17) is 5.73 Å². The summed E-state index contributed by atoms with van der Waals surface area (Å²) in [7, 11) is 2.19. The van der Waals surface area contributed by atoms with Gasteiger partial charge in [-0.25, -0.2) is 0 Å². The first kappa shape index (κ1) is 21.9. The van der Waals surface area contributed by atoms with Crippen molar-refractivity contribution in [2.24, 2.45) is 11.7 Å². The van der Waals surface area contributed by atoms with Gasteiger partial charge >= 0.3 is 0 Å². The lowest BCUT2D eigenvalue weighted by molar-refractivity contribution is -0.122. The zero-order chi connectivity index (χ0) is 22.8. The Morgan fingerprint density at radius 3 is 2.39 bits per heavy atom. The van der Waals surface area contributed by atoms with Crippen molar-refractivity contribution < 1.29 is 4.79 Å². The van der Waals surface area contributed by atoms with Crippen molar-refractivity contribution >= 4 is 22.5 Å². The summed E-state index contributed by atoms with van der Waals surface area (Å²) in [6, 6.07) is 17.6. The number of piperidine rings is 1. The minimum absolute atomic E-state index is 0.00305. The van der Waals surface area contributed by atoms with Gasteiger partial charge < -0.3 is 15.5 Å². The fourth-order valence-electron chi connectivity index (χ4n) is 5.06. The summed E-state index contributed by atoms with van der Waals surface area (Å²) in [5, 5.41) is 1.17. The standard InChI is InChI=1S/C27H33N5O/c1-30-14-16-31(17-15-30)19-20-2-4-21(5-3-20)24-8-11-29-26-7-6-23(18-25(24)26)32-12-9-22(10-13-32)27(28)33/h2-8,11,18,22H,9-10,12-17,19H2,1H3,(H2,28,33). The van der Waals surface area contributed by atoms with Gasteiger partial charge in [-0.3, -0.25) is 14.7 Å². The summed E-state index contributed by atoms with van der Waals surface area (Å²) in [6.45, 7) is 7.27. The lowest BCUT2D eigenvalue weighted by Gasteiger charge is -2.32. The molecule has 0 aliphatic carbocycles. The van der Waals surface area contributed by atoms with E-state index in [9.17, 15) is 4.79 Å². The molecule has 0 saturated carbocycles. The van der Waals surface area contributed by atoms with Gasteiger partial charge in [0.2, 0.25) is 5.91 Å². The molecule has 2 saturated heterocycles. The van der Waals surface area contributed by atoms with Gasteiger partial charge in [-0.2, -0.15) is 0 Å². The van der Waals surface area contributed by atoms with Crippen molar-refractivity contribution in [2.75, 3.05) is 51.2 Å². The Kier molecular flexibility index (Phi) is 6.29. The minimum Gasteiger partial charge on any atom is -0.371 e. The molecule has 2 aliphatic rings. The molecule has 2 N–H and O–H groups in total. The van der Waals surface area contributed by atoms with Gasteiger partial charge in [0.25, 0.3) is 0 Å². The van der Waals surface area contributed by atoms with E-state index in [1.54, 1.807) is 0 Å². The van der Waals surface area contributed by atoms with E-state index >= 15 is 0 Å². The SMILES string of the molecule is CN1CCN(Cc2ccc(-c3ccnc4ccc(N5CCC(C(N)=O)CC5)cc34)cc2)CC1. The van der Waals surface area contributed by atoms with Crippen LogP contribution in [0.3, 0.4) is 0 Å². The molecule has 0 spiro atoms. The van der Waals surface area contributed by atoms with Gasteiger partial charge in [0.15, 0.2) is 0 Å². The molecule has 2 aliphatic heterocycles. The van der Waals surface area contributed by atoms with Crippen LogP contribution >= 0.6 is 0 Å². The predicted molar refractivity (Wildman–Crippen MR) is 134 cm³/mol. The summed E-state index contributed by atoms with van der Waals surface area (Å²) >= 11 is 0. The van der Waals surface area contributed by atoms with Crippen molar-refractivity contribution in [3.05, 3.63) is 60.3 Å². The number of amides is 1. The summed E-state index contributed by atoms with van der Waals surface area (Å²) in [4.78, 5) is 23.4. The second-order valence-corrected chi connectivity index (χ2v) is 9.50. The molecule has 1 amide bonds. The molecule has 3 aromatic rings. The molecule has 0 unspecified atom stereocenters. The molecule has 0 atom stereocenters. The average Bonchev–Trinajstić information content (AvgIpc) is 2.85. The summed E-state index contributed by atoms with van der Waals surface area (Å²) in [6.07, 6.45) is 3.54. The monoisotopic (exact) mass is 443 g/mol. The topological polar surface area (TPSA) is 65.7 Å². The highest BCUT2D eigenvalue weighted by molar-refractivity contribution is 5.96. The largest absolute Gasteiger partial charge is 0.371 e. The zero-order valence-corrected chi connectivity index (χ0v) is 19.4. The van der Waals surface area contributed by atoms with Crippen LogP contribution in [0.1, 0.15) is 18.4 Å². The van der Waals surface area contributed by atoms with Crippen molar-refractivity contribution in [3.63, 3.8) is 0 Å². The summed E-state index contributed by atoms with van der Waals surface area (Å²) in [5.74, 6) is -0.168. The van der Waals surface area contributed by atoms with Gasteiger partial charge in [-0.05, 0) is 60.8 Å². The number of carbonyl (C=O) groups is 1. The number of nitrogens with two attached hydrogens (primary N) is 1. The summed E-state index contributed by atoms with van der Waals surface area (Å²) < 4.78 is 0. The smallest absolute Gasteiger partial charge is 0.220 e. The average molecular weight is 444 g/mol. The van der Waals surface area contributed by atoms with E-state index in [0.29, 0.717) is 0 Å². The lowest BCUT2D eigenvalue weighted by Crippen LogP contribution is -2.43. The van der Waals surface area contributed by atoms with Crippen LogP contribution in [0.5, 0.6) is 0 Å². The highest BCUT2D eigenvalue weighted by Gasteiger charge is 2.23. The summed E-state index contributed by atoms with van der Waals surface area (Å²) in [5.41, 5.74) is 11.5. The Bertz CT molecular complexity index is 1110. The van der Waals surface area contributed by atoms with E-state index in [1.165, 1.54) is 27.8 Å². The maximum absolute atomic E-state index is 11.5. The molecule has 2 fully saturated rings. The normalized spacial score (nSPS) is 18.6. The van der Waals surface area contributed by atoms with Crippen LogP contribution in [0.15, 0.2) is 54.7 Å². The lowest BCUT2D eigenvalue weighted by atomic mass is 9.95. The van der Waals surface area contributed by atoms with E-state index < -0.39 is 0 Å². The number of nitrogens with zero attached hydrogens (tertiary/aromatic N) is 4.